The predicted octanol–water partition coefficient (Wildman–Crippen LogP) is 2.00. The molecule has 0 atom stereocenters. The molecule has 4 heteroatoms. The fourth-order valence-electron chi connectivity index (χ4n) is 1.01. The number of halogens is 1. The third-order valence-corrected chi connectivity index (χ3v) is 1.94. The molecule has 3 nitrogen and oxygen atoms in total. The molecule has 1 aromatic carbocycles. The molecule has 0 aromatic heterocycles. The molecule has 0 aliphatic carbocycles. The zero-order valence-electron chi connectivity index (χ0n) is 7.66. The van der Waals surface area contributed by atoms with Gasteiger partial charge in [0.15, 0.2) is 5.78 Å². The summed E-state index contributed by atoms with van der Waals surface area (Å²) in [5.41, 5.74) is 0.565. The van der Waals surface area contributed by atoms with Crippen molar-refractivity contribution in [1.29, 1.82) is 0 Å². The van der Waals surface area contributed by atoms with E-state index in [2.05, 4.69) is 5.32 Å². The lowest BCUT2D eigenvalue weighted by Crippen LogP contribution is -2.13. The van der Waals surface area contributed by atoms with Crippen molar-refractivity contribution in [2.24, 2.45) is 0 Å². The van der Waals surface area contributed by atoms with Gasteiger partial charge in [0.25, 0.3) is 0 Å². The Balaban J connectivity index is 2.46. The van der Waals surface area contributed by atoms with Gasteiger partial charge in [0, 0.05) is 12.3 Å². The number of carbonyl (C=O) groups excluding carboxylic acids is 1. The highest BCUT2D eigenvalue weighted by Crippen LogP contribution is 2.20. The van der Waals surface area contributed by atoms with Crippen molar-refractivity contribution in [2.75, 3.05) is 17.7 Å². The first kappa shape index (κ1) is 10.9. The molecule has 0 saturated heterocycles. The lowest BCUT2D eigenvalue weighted by atomic mass is 10.2. The number of alkyl halides is 1. The quantitative estimate of drug-likeness (QED) is 0.581. The molecule has 0 aliphatic heterocycles. The van der Waals surface area contributed by atoms with Gasteiger partial charge in [-0.2, -0.15) is 0 Å². The van der Waals surface area contributed by atoms with Gasteiger partial charge in [-0.15, -0.1) is 11.6 Å². The molecule has 0 saturated carbocycles. The molecule has 0 unspecified atom stereocenters. The second-order valence-corrected chi connectivity index (χ2v) is 3.23. The maximum absolute atomic E-state index is 11.1. The molecule has 0 bridgehead atoms. The lowest BCUT2D eigenvalue weighted by Gasteiger charge is -2.06. The van der Waals surface area contributed by atoms with Crippen LogP contribution in [0.5, 0.6) is 5.75 Å². The fraction of sp³-hybridized carbons (Fsp3) is 0.300. The average Bonchev–Trinajstić information content (AvgIpc) is 2.17. The van der Waals surface area contributed by atoms with Crippen molar-refractivity contribution in [3.63, 3.8) is 0 Å². The summed E-state index contributed by atoms with van der Waals surface area (Å²) in [6.45, 7) is 0.199. The van der Waals surface area contributed by atoms with Crippen molar-refractivity contribution < 1.29 is 9.90 Å². The molecular weight excluding hydrogens is 202 g/mol. The van der Waals surface area contributed by atoms with E-state index in [1.165, 1.54) is 0 Å². The zero-order chi connectivity index (χ0) is 10.4. The Bertz CT molecular complexity index is 315. The Labute approximate surface area is 87.7 Å². The van der Waals surface area contributed by atoms with Crippen LogP contribution in [0.4, 0.5) is 5.69 Å². The van der Waals surface area contributed by atoms with E-state index in [1.807, 2.05) is 0 Å². The topological polar surface area (TPSA) is 49.3 Å². The van der Waals surface area contributed by atoms with Crippen LogP contribution in [0.15, 0.2) is 24.3 Å². The number of nitrogens with one attached hydrogen (secondary N) is 1. The van der Waals surface area contributed by atoms with Crippen LogP contribution in [-0.4, -0.2) is 23.3 Å². The monoisotopic (exact) mass is 213 g/mol. The van der Waals surface area contributed by atoms with Crippen molar-refractivity contribution in [3.05, 3.63) is 24.3 Å². The van der Waals surface area contributed by atoms with E-state index in [0.717, 1.165) is 0 Å². The van der Waals surface area contributed by atoms with Crippen molar-refractivity contribution in [1.82, 2.24) is 0 Å². The number of hydrogen-bond acceptors (Lipinski definition) is 3. The number of aromatic hydroxyl groups is 1. The Morgan fingerprint density at radius 1 is 1.43 bits per heavy atom. The second-order valence-electron chi connectivity index (χ2n) is 2.85. The highest BCUT2D eigenvalue weighted by atomic mass is 35.5. The maximum Gasteiger partial charge on any atom is 0.153 e. The van der Waals surface area contributed by atoms with Crippen LogP contribution >= 0.6 is 11.6 Å². The maximum atomic E-state index is 11.1. The first-order chi connectivity index (χ1) is 6.74. The number of Topliss-reactive ketones (excluding diaryl/α,β-unsaturated/α-hetero) is 1. The van der Waals surface area contributed by atoms with Crippen LogP contribution < -0.4 is 5.32 Å². The van der Waals surface area contributed by atoms with Gasteiger partial charge in [-0.25, -0.2) is 0 Å². The van der Waals surface area contributed by atoms with Gasteiger partial charge in [-0.1, -0.05) is 12.1 Å². The second kappa shape index (κ2) is 5.50. The van der Waals surface area contributed by atoms with Crippen LogP contribution in [0.3, 0.4) is 0 Å². The minimum absolute atomic E-state index is 0.0308. The Morgan fingerprint density at radius 2 is 2.14 bits per heavy atom. The molecule has 1 rings (SSSR count). The summed E-state index contributed by atoms with van der Waals surface area (Å²) in [5, 5.41) is 12.2. The van der Waals surface area contributed by atoms with Crippen LogP contribution in [-0.2, 0) is 4.79 Å². The molecule has 0 heterocycles. The molecule has 76 valence electrons. The van der Waals surface area contributed by atoms with E-state index in [4.69, 9.17) is 11.6 Å². The summed E-state index contributed by atoms with van der Waals surface area (Å²) in [7, 11) is 0. The predicted molar refractivity (Wildman–Crippen MR) is 56.9 cm³/mol. The summed E-state index contributed by atoms with van der Waals surface area (Å²) in [6.07, 6.45) is 0.349. The number of benzene rings is 1. The highest BCUT2D eigenvalue weighted by Gasteiger charge is 2.02. The van der Waals surface area contributed by atoms with Gasteiger partial charge in [0.1, 0.15) is 5.75 Å². The van der Waals surface area contributed by atoms with E-state index >= 15 is 0 Å². The third kappa shape index (κ3) is 3.26. The van der Waals surface area contributed by atoms with E-state index in [9.17, 15) is 9.90 Å². The Morgan fingerprint density at radius 3 is 2.79 bits per heavy atom. The minimum Gasteiger partial charge on any atom is -0.506 e. The van der Waals surface area contributed by atoms with Crippen molar-refractivity contribution >= 4 is 23.1 Å². The van der Waals surface area contributed by atoms with Gasteiger partial charge >= 0.3 is 0 Å². The number of rotatable bonds is 5. The number of phenolic OH excluding ortho intramolecular Hbond substituents is 1. The number of anilines is 1. The average molecular weight is 214 g/mol. The normalized spacial score (nSPS) is 9.79. The standard InChI is InChI=1S/C10H12ClNO2/c11-6-5-8(13)7-12-9-3-1-2-4-10(9)14/h1-4,12,14H,5-7H2. The molecule has 1 aromatic rings. The summed E-state index contributed by atoms with van der Waals surface area (Å²) in [6, 6.07) is 6.78. The van der Waals surface area contributed by atoms with Crippen molar-refractivity contribution in [3.8, 4) is 5.75 Å². The van der Waals surface area contributed by atoms with E-state index in [0.29, 0.717) is 18.0 Å². The molecule has 2 N–H and O–H groups in total. The van der Waals surface area contributed by atoms with Crippen LogP contribution in [0.2, 0.25) is 0 Å². The van der Waals surface area contributed by atoms with Crippen LogP contribution in [0, 0.1) is 0 Å². The molecule has 0 radical (unpaired) electrons. The highest BCUT2D eigenvalue weighted by molar-refractivity contribution is 6.19. The number of ketones is 1. The van der Waals surface area contributed by atoms with Gasteiger partial charge in [-0.3, -0.25) is 4.79 Å². The summed E-state index contributed by atoms with van der Waals surface area (Å²) in [5.74, 6) is 0.510. The van der Waals surface area contributed by atoms with Crippen LogP contribution in [0.25, 0.3) is 0 Å². The van der Waals surface area contributed by atoms with Crippen molar-refractivity contribution in [2.45, 2.75) is 6.42 Å². The van der Waals surface area contributed by atoms with E-state index in [1.54, 1.807) is 24.3 Å². The minimum atomic E-state index is 0.0308. The lowest BCUT2D eigenvalue weighted by molar-refractivity contribution is -0.117. The molecule has 0 spiro atoms. The smallest absolute Gasteiger partial charge is 0.153 e. The zero-order valence-corrected chi connectivity index (χ0v) is 8.42. The summed E-state index contributed by atoms with van der Waals surface area (Å²) < 4.78 is 0. The first-order valence-electron chi connectivity index (χ1n) is 4.33. The SMILES string of the molecule is O=C(CCCl)CNc1ccccc1O. The largest absolute Gasteiger partial charge is 0.506 e. The Hall–Kier alpha value is -1.22. The number of phenols is 1. The number of carbonyl (C=O) groups is 1. The molecule has 0 amide bonds. The van der Waals surface area contributed by atoms with Gasteiger partial charge < -0.3 is 10.4 Å². The molecule has 0 aliphatic rings. The van der Waals surface area contributed by atoms with Gasteiger partial charge in [-0.05, 0) is 12.1 Å². The Kier molecular flexibility index (Phi) is 4.26. The molecule has 14 heavy (non-hydrogen) atoms. The molecular formula is C10H12ClNO2. The number of para-hydroxylation sites is 2. The number of hydrogen-bond donors (Lipinski definition) is 2. The summed E-state index contributed by atoms with van der Waals surface area (Å²) in [4.78, 5) is 11.1. The van der Waals surface area contributed by atoms with Crippen LogP contribution in [0.1, 0.15) is 6.42 Å². The summed E-state index contributed by atoms with van der Waals surface area (Å²) >= 11 is 5.41. The molecule has 0 fully saturated rings. The third-order valence-electron chi connectivity index (χ3n) is 1.75. The van der Waals surface area contributed by atoms with E-state index in [-0.39, 0.29) is 18.1 Å². The van der Waals surface area contributed by atoms with E-state index < -0.39 is 0 Å². The van der Waals surface area contributed by atoms with Gasteiger partial charge in [0.05, 0.1) is 12.2 Å². The fourth-order valence-corrected chi connectivity index (χ4v) is 1.22. The van der Waals surface area contributed by atoms with Gasteiger partial charge in [0.2, 0.25) is 0 Å². The first-order valence-corrected chi connectivity index (χ1v) is 4.87.